The highest BCUT2D eigenvalue weighted by Gasteiger charge is 2.44. The fourth-order valence-corrected chi connectivity index (χ4v) is 3.61. The first-order valence-electron chi connectivity index (χ1n) is 9.19. The van der Waals surface area contributed by atoms with E-state index in [1.165, 1.54) is 17.2 Å². The van der Waals surface area contributed by atoms with Crippen molar-refractivity contribution in [1.29, 1.82) is 0 Å². The van der Waals surface area contributed by atoms with Crippen LogP contribution in [0.2, 0.25) is 0 Å². The summed E-state index contributed by atoms with van der Waals surface area (Å²) in [5.41, 5.74) is 0.687. The molecule has 0 saturated carbocycles. The van der Waals surface area contributed by atoms with Crippen LogP contribution in [0.25, 0.3) is 0 Å². The minimum Gasteiger partial charge on any atom is -0.503 e. The van der Waals surface area contributed by atoms with E-state index in [2.05, 4.69) is 9.88 Å². The van der Waals surface area contributed by atoms with E-state index in [1.54, 1.807) is 30.6 Å². The topological polar surface area (TPSA) is 96.1 Å². The highest BCUT2D eigenvalue weighted by molar-refractivity contribution is 6.14. The van der Waals surface area contributed by atoms with Crippen molar-refractivity contribution in [2.24, 2.45) is 0 Å². The molecule has 1 atom stereocenters. The summed E-state index contributed by atoms with van der Waals surface area (Å²) in [6, 6.07) is 5.94. The monoisotopic (exact) mass is 383 g/mol. The number of hydrogen-bond donors (Lipinski definition) is 1. The van der Waals surface area contributed by atoms with Gasteiger partial charge in [-0.2, -0.15) is 0 Å². The lowest BCUT2D eigenvalue weighted by atomic mass is 9.96. The Labute approximate surface area is 162 Å². The van der Waals surface area contributed by atoms with Crippen LogP contribution in [0, 0.1) is 0 Å². The van der Waals surface area contributed by atoms with E-state index < -0.39 is 23.5 Å². The number of furan rings is 1. The summed E-state index contributed by atoms with van der Waals surface area (Å²) in [6.45, 7) is 3.89. The molecule has 0 radical (unpaired) electrons. The Morgan fingerprint density at radius 3 is 2.71 bits per heavy atom. The first-order chi connectivity index (χ1) is 13.7. The van der Waals surface area contributed by atoms with Crippen molar-refractivity contribution >= 4 is 11.7 Å². The molecule has 4 rings (SSSR count). The molecule has 1 amide bonds. The molecule has 2 aliphatic rings. The molecular formula is C20H21N3O5. The van der Waals surface area contributed by atoms with Gasteiger partial charge in [0.05, 0.1) is 31.1 Å². The zero-order valence-corrected chi connectivity index (χ0v) is 15.3. The van der Waals surface area contributed by atoms with Gasteiger partial charge in [-0.25, -0.2) is 0 Å². The SMILES string of the molecule is O=C(C1=C(O)C(=O)N(CCN2CCOCC2)[C@H]1c1cccnc1)c1ccco1. The number of Topliss-reactive ketones (excluding diaryl/α,β-unsaturated/α-hetero) is 1. The highest BCUT2D eigenvalue weighted by Crippen LogP contribution is 2.38. The first kappa shape index (κ1) is 18.4. The van der Waals surface area contributed by atoms with Crippen molar-refractivity contribution in [2.75, 3.05) is 39.4 Å². The van der Waals surface area contributed by atoms with E-state index in [-0.39, 0.29) is 11.3 Å². The van der Waals surface area contributed by atoms with Crippen LogP contribution in [0.1, 0.15) is 22.2 Å². The van der Waals surface area contributed by atoms with E-state index in [9.17, 15) is 14.7 Å². The van der Waals surface area contributed by atoms with Gasteiger partial charge in [0.25, 0.3) is 5.91 Å². The Bertz CT molecular complexity index is 873. The molecule has 2 aromatic rings. The predicted molar refractivity (Wildman–Crippen MR) is 98.6 cm³/mol. The lowest BCUT2D eigenvalue weighted by molar-refractivity contribution is -0.129. The second kappa shape index (κ2) is 7.95. The minimum absolute atomic E-state index is 0.0231. The van der Waals surface area contributed by atoms with Gasteiger partial charge in [-0.15, -0.1) is 0 Å². The van der Waals surface area contributed by atoms with Crippen LogP contribution in [-0.2, 0) is 9.53 Å². The second-order valence-corrected chi connectivity index (χ2v) is 6.71. The quantitative estimate of drug-likeness (QED) is 0.757. The number of nitrogens with zero attached hydrogens (tertiary/aromatic N) is 3. The zero-order chi connectivity index (χ0) is 19.5. The van der Waals surface area contributed by atoms with Gasteiger partial charge in [-0.3, -0.25) is 19.5 Å². The smallest absolute Gasteiger partial charge is 0.290 e. The summed E-state index contributed by atoms with van der Waals surface area (Å²) in [5.74, 6) is -1.51. The number of morpholine rings is 1. The zero-order valence-electron chi connectivity index (χ0n) is 15.3. The number of aliphatic hydroxyl groups is 1. The molecule has 0 unspecified atom stereocenters. The summed E-state index contributed by atoms with van der Waals surface area (Å²) in [5, 5.41) is 10.5. The summed E-state index contributed by atoms with van der Waals surface area (Å²) in [7, 11) is 0. The molecule has 146 valence electrons. The molecule has 2 aromatic heterocycles. The number of amides is 1. The van der Waals surface area contributed by atoms with Crippen LogP contribution >= 0.6 is 0 Å². The van der Waals surface area contributed by atoms with E-state index in [4.69, 9.17) is 9.15 Å². The summed E-state index contributed by atoms with van der Waals surface area (Å²) < 4.78 is 10.6. The number of aromatic nitrogens is 1. The molecule has 8 nitrogen and oxygen atoms in total. The molecule has 1 saturated heterocycles. The Hall–Kier alpha value is -2.97. The molecule has 2 aliphatic heterocycles. The molecule has 28 heavy (non-hydrogen) atoms. The summed E-state index contributed by atoms with van der Waals surface area (Å²) in [4.78, 5) is 33.6. The van der Waals surface area contributed by atoms with Crippen LogP contribution in [0.5, 0.6) is 0 Å². The number of rotatable bonds is 6. The average Bonchev–Trinajstić information content (AvgIpc) is 3.36. The minimum atomic E-state index is -0.708. The lowest BCUT2D eigenvalue weighted by Gasteiger charge is -2.31. The molecule has 1 fully saturated rings. The van der Waals surface area contributed by atoms with E-state index >= 15 is 0 Å². The second-order valence-electron chi connectivity index (χ2n) is 6.71. The number of aliphatic hydroxyl groups excluding tert-OH is 1. The van der Waals surface area contributed by atoms with Crippen LogP contribution in [0.3, 0.4) is 0 Å². The molecule has 0 aliphatic carbocycles. The van der Waals surface area contributed by atoms with Gasteiger partial charge in [0.15, 0.2) is 11.5 Å². The van der Waals surface area contributed by atoms with Gasteiger partial charge < -0.3 is 19.2 Å². The number of ketones is 1. The van der Waals surface area contributed by atoms with E-state index in [1.807, 2.05) is 0 Å². The summed E-state index contributed by atoms with van der Waals surface area (Å²) >= 11 is 0. The maximum Gasteiger partial charge on any atom is 0.290 e. The molecule has 8 heteroatoms. The van der Waals surface area contributed by atoms with Crippen LogP contribution in [0.4, 0.5) is 0 Å². The molecule has 1 N–H and O–H groups in total. The summed E-state index contributed by atoms with van der Waals surface area (Å²) in [6.07, 6.45) is 4.61. The largest absolute Gasteiger partial charge is 0.503 e. The maximum atomic E-state index is 13.0. The third-order valence-electron chi connectivity index (χ3n) is 5.05. The van der Waals surface area contributed by atoms with Gasteiger partial charge in [0, 0.05) is 38.6 Å². The highest BCUT2D eigenvalue weighted by atomic mass is 16.5. The third kappa shape index (κ3) is 3.44. The number of carbonyl (C=O) groups is 2. The van der Waals surface area contributed by atoms with Gasteiger partial charge in [-0.05, 0) is 23.8 Å². The standard InChI is InChI=1S/C20H21N3O5/c24-18(15-4-2-10-28-15)16-17(14-3-1-5-21-13-14)23(20(26)19(16)25)7-6-22-8-11-27-12-9-22/h1-5,10,13,17,25H,6-9,11-12H2/t17-/m0/s1. The van der Waals surface area contributed by atoms with Crippen molar-refractivity contribution in [3.8, 4) is 0 Å². The average molecular weight is 383 g/mol. The Balaban J connectivity index is 1.64. The maximum absolute atomic E-state index is 13.0. The first-order valence-corrected chi connectivity index (χ1v) is 9.19. The van der Waals surface area contributed by atoms with E-state index in [0.29, 0.717) is 31.9 Å². The van der Waals surface area contributed by atoms with Crippen molar-refractivity contribution in [3.63, 3.8) is 0 Å². The van der Waals surface area contributed by atoms with Gasteiger partial charge in [-0.1, -0.05) is 6.07 Å². The van der Waals surface area contributed by atoms with Gasteiger partial charge in [0.1, 0.15) is 0 Å². The number of ether oxygens (including phenoxy) is 1. The molecule has 0 bridgehead atoms. The Morgan fingerprint density at radius 1 is 1.21 bits per heavy atom. The van der Waals surface area contributed by atoms with Gasteiger partial charge in [0.2, 0.25) is 5.78 Å². The molecule has 4 heterocycles. The van der Waals surface area contributed by atoms with Crippen molar-refractivity contribution in [2.45, 2.75) is 6.04 Å². The molecule has 0 spiro atoms. The molecular weight excluding hydrogens is 362 g/mol. The Kier molecular flexibility index (Phi) is 5.23. The normalized spacial score (nSPS) is 20.8. The van der Waals surface area contributed by atoms with Crippen molar-refractivity contribution < 1.29 is 23.8 Å². The number of carbonyl (C=O) groups excluding carboxylic acids is 2. The van der Waals surface area contributed by atoms with Gasteiger partial charge >= 0.3 is 0 Å². The lowest BCUT2D eigenvalue weighted by Crippen LogP contribution is -2.43. The van der Waals surface area contributed by atoms with Crippen LogP contribution < -0.4 is 0 Å². The number of pyridine rings is 1. The predicted octanol–water partition coefficient (Wildman–Crippen LogP) is 1.59. The fourth-order valence-electron chi connectivity index (χ4n) is 3.61. The van der Waals surface area contributed by atoms with Crippen LogP contribution in [0.15, 0.2) is 58.7 Å². The Morgan fingerprint density at radius 2 is 2.04 bits per heavy atom. The fraction of sp³-hybridized carbons (Fsp3) is 0.350. The number of hydrogen-bond acceptors (Lipinski definition) is 7. The van der Waals surface area contributed by atoms with Crippen molar-refractivity contribution in [3.05, 3.63) is 65.6 Å². The van der Waals surface area contributed by atoms with E-state index in [0.717, 1.165) is 13.1 Å². The third-order valence-corrected chi connectivity index (χ3v) is 5.05. The molecule has 0 aromatic carbocycles. The van der Waals surface area contributed by atoms with Crippen LogP contribution in [-0.4, -0.2) is 71.0 Å². The van der Waals surface area contributed by atoms with Crippen molar-refractivity contribution in [1.82, 2.24) is 14.8 Å².